The second-order valence-electron chi connectivity index (χ2n) is 14.7. The highest BCUT2D eigenvalue weighted by Crippen LogP contribution is 2.40. The summed E-state index contributed by atoms with van der Waals surface area (Å²) in [6, 6.07) is 15.3. The first kappa shape index (κ1) is 43.5. The number of rotatable bonds is 24. The number of benzene rings is 2. The Morgan fingerprint density at radius 1 is 0.696 bits per heavy atom. The maximum atomic E-state index is 13.9. The van der Waals surface area contributed by atoms with Gasteiger partial charge in [-0.3, -0.25) is 30.0 Å². The van der Waals surface area contributed by atoms with Crippen LogP contribution in [0.15, 0.2) is 89.3 Å². The van der Waals surface area contributed by atoms with Gasteiger partial charge in [-0.05, 0) is 61.7 Å². The fourth-order valence-corrected chi connectivity index (χ4v) is 7.22. The first-order valence-electron chi connectivity index (χ1n) is 20.1. The van der Waals surface area contributed by atoms with Gasteiger partial charge in [0.25, 0.3) is 11.4 Å². The molecule has 1 aliphatic rings. The number of aliphatic imine (C=N–C) groups is 1. The summed E-state index contributed by atoms with van der Waals surface area (Å²) >= 11 is 0. The number of aryl methyl sites for hydroxylation is 1. The molecule has 2 aromatic carbocycles. The molecule has 0 amide bonds. The number of allylic oxidation sites excluding steroid dienone is 1. The van der Waals surface area contributed by atoms with E-state index in [1.165, 1.54) is 126 Å². The summed E-state index contributed by atoms with van der Waals surface area (Å²) in [5.41, 5.74) is 2.86. The van der Waals surface area contributed by atoms with Crippen molar-refractivity contribution in [1.82, 2.24) is 0 Å². The monoisotopic (exact) mass is 769 g/mol. The summed E-state index contributed by atoms with van der Waals surface area (Å²) in [6.07, 6.45) is 21.9. The van der Waals surface area contributed by atoms with E-state index in [1.807, 2.05) is 24.5 Å². The molecule has 12 nitrogen and oxygen atoms in total. The van der Waals surface area contributed by atoms with Gasteiger partial charge in [0.05, 0.1) is 15.4 Å². The highest BCUT2D eigenvalue weighted by atomic mass is 16.6. The Morgan fingerprint density at radius 3 is 1.68 bits per heavy atom. The van der Waals surface area contributed by atoms with Crippen molar-refractivity contribution in [1.29, 1.82) is 0 Å². The molecular formula is C44H57N4O8+. The van der Waals surface area contributed by atoms with Crippen LogP contribution in [0.2, 0.25) is 0 Å². The van der Waals surface area contributed by atoms with E-state index in [1.54, 1.807) is 13.8 Å². The Balaban J connectivity index is 1.42. The highest BCUT2D eigenvalue weighted by Gasteiger charge is 2.43. The summed E-state index contributed by atoms with van der Waals surface area (Å²) in [4.78, 5) is 53.7. The number of nitro groups is 2. The van der Waals surface area contributed by atoms with Crippen molar-refractivity contribution in [3.63, 3.8) is 0 Å². The Kier molecular flexibility index (Phi) is 17.8. The predicted molar refractivity (Wildman–Crippen MR) is 215 cm³/mol. The lowest BCUT2D eigenvalue weighted by Crippen LogP contribution is -2.39. The van der Waals surface area contributed by atoms with E-state index >= 15 is 0 Å². The number of unbranched alkanes of at least 4 members (excludes halogenated alkanes) is 13. The quantitative estimate of drug-likeness (QED) is 0.0287. The van der Waals surface area contributed by atoms with E-state index in [0.717, 1.165) is 24.9 Å². The van der Waals surface area contributed by atoms with E-state index in [9.17, 15) is 29.8 Å². The molecule has 0 fully saturated rings. The van der Waals surface area contributed by atoms with E-state index in [-0.39, 0.29) is 30.2 Å². The van der Waals surface area contributed by atoms with Crippen molar-refractivity contribution in [2.75, 3.05) is 0 Å². The number of hydrogen-bond donors (Lipinski definition) is 0. The summed E-state index contributed by atoms with van der Waals surface area (Å²) in [5.74, 6) is -2.97. The van der Waals surface area contributed by atoms with Crippen molar-refractivity contribution in [3.8, 4) is 0 Å². The van der Waals surface area contributed by atoms with Crippen molar-refractivity contribution < 1.29 is 33.5 Å². The van der Waals surface area contributed by atoms with Crippen LogP contribution in [0, 0.1) is 26.1 Å². The fourth-order valence-electron chi connectivity index (χ4n) is 7.22. The second kappa shape index (κ2) is 23.0. The zero-order valence-corrected chi connectivity index (χ0v) is 33.2. The van der Waals surface area contributed by atoms with Crippen LogP contribution in [0.3, 0.4) is 0 Å². The minimum Gasteiger partial charge on any atom is -0.460 e. The predicted octanol–water partition coefficient (Wildman–Crippen LogP) is 10.2. The second-order valence-corrected chi connectivity index (χ2v) is 14.7. The van der Waals surface area contributed by atoms with Gasteiger partial charge >= 0.3 is 11.9 Å². The van der Waals surface area contributed by atoms with Crippen LogP contribution in [0.1, 0.15) is 133 Å². The molecule has 1 aliphatic heterocycles. The normalized spacial score (nSPS) is 15.3. The molecule has 0 radical (unpaired) electrons. The van der Waals surface area contributed by atoms with Gasteiger partial charge in [-0.25, -0.2) is 9.36 Å². The average Bonchev–Trinajstić information content (AvgIpc) is 3.19. The molecule has 2 atom stereocenters. The molecule has 300 valence electrons. The zero-order chi connectivity index (χ0) is 40.3. The highest BCUT2D eigenvalue weighted by molar-refractivity contribution is 6.07. The maximum Gasteiger partial charge on any atom is 0.336 e. The number of carbonyl (C=O) groups is 2. The van der Waals surface area contributed by atoms with Gasteiger partial charge < -0.3 is 9.47 Å². The molecule has 0 N–H and O–H groups in total. The molecule has 2 heterocycles. The number of pyridine rings is 1. The largest absolute Gasteiger partial charge is 0.460 e. The first-order valence-corrected chi connectivity index (χ1v) is 20.1. The molecule has 0 spiro atoms. The number of esters is 2. The lowest BCUT2D eigenvalue weighted by atomic mass is 9.76. The summed E-state index contributed by atoms with van der Waals surface area (Å²) in [7, 11) is 0. The van der Waals surface area contributed by atoms with E-state index < -0.39 is 33.6 Å². The third-order valence-electron chi connectivity index (χ3n) is 10.4. The van der Waals surface area contributed by atoms with E-state index in [2.05, 4.69) is 16.5 Å². The third kappa shape index (κ3) is 13.5. The van der Waals surface area contributed by atoms with Crippen LogP contribution in [-0.2, 0) is 38.8 Å². The minimum absolute atomic E-state index is 0.0700. The Hall–Kier alpha value is -5.26. The molecule has 1 aromatic heterocycles. The van der Waals surface area contributed by atoms with Crippen molar-refractivity contribution in [2.45, 2.75) is 136 Å². The van der Waals surface area contributed by atoms with Crippen LogP contribution < -0.4 is 4.57 Å². The topological polar surface area (TPSA) is 155 Å². The molecule has 0 saturated carbocycles. The minimum atomic E-state index is -0.949. The zero-order valence-electron chi connectivity index (χ0n) is 33.2. The molecule has 3 aromatic rings. The maximum absolute atomic E-state index is 13.9. The van der Waals surface area contributed by atoms with Crippen LogP contribution in [0.5, 0.6) is 0 Å². The molecule has 56 heavy (non-hydrogen) atoms. The Bertz CT molecular complexity index is 1820. The van der Waals surface area contributed by atoms with Crippen LogP contribution >= 0.6 is 0 Å². The van der Waals surface area contributed by atoms with Crippen molar-refractivity contribution in [3.05, 3.63) is 121 Å². The Labute approximate surface area is 330 Å². The van der Waals surface area contributed by atoms with Crippen LogP contribution in [-0.4, -0.2) is 27.5 Å². The lowest BCUT2D eigenvalue weighted by Gasteiger charge is -2.31. The average molecular weight is 770 g/mol. The molecule has 0 saturated heterocycles. The van der Waals surface area contributed by atoms with Crippen molar-refractivity contribution in [2.24, 2.45) is 10.9 Å². The Morgan fingerprint density at radius 2 is 1.18 bits per heavy atom. The van der Waals surface area contributed by atoms with Gasteiger partial charge in [0, 0.05) is 59.6 Å². The number of non-ortho nitro benzene ring substituents is 2. The smallest absolute Gasteiger partial charge is 0.336 e. The summed E-state index contributed by atoms with van der Waals surface area (Å²) < 4.78 is 13.6. The molecule has 0 bridgehead atoms. The van der Waals surface area contributed by atoms with Gasteiger partial charge in [0.15, 0.2) is 12.4 Å². The number of hydrogen-bond acceptors (Lipinski definition) is 9. The van der Waals surface area contributed by atoms with E-state index in [4.69, 9.17) is 9.47 Å². The SMILES string of the molecule is CCCCCCCCCCCCCCCC[n+]1cccc(C2C(C(=O)OCc3ccc([N+](=O)[O-])cc3)=C(C)N=C(C)C2C(=O)OCc2ccc([N+](=O)[O-])cc2)c1. The van der Waals surface area contributed by atoms with Crippen LogP contribution in [0.25, 0.3) is 0 Å². The number of ether oxygens (including phenoxy) is 2. The van der Waals surface area contributed by atoms with Gasteiger partial charge in [0.2, 0.25) is 0 Å². The van der Waals surface area contributed by atoms with Crippen molar-refractivity contribution >= 4 is 29.0 Å². The van der Waals surface area contributed by atoms with Gasteiger partial charge in [-0.2, -0.15) is 0 Å². The van der Waals surface area contributed by atoms with Gasteiger partial charge in [-0.15, -0.1) is 0 Å². The number of nitrogens with zero attached hydrogens (tertiary/aromatic N) is 4. The molecule has 0 aliphatic carbocycles. The number of aromatic nitrogens is 1. The van der Waals surface area contributed by atoms with Gasteiger partial charge in [-0.1, -0.05) is 84.0 Å². The molecular weight excluding hydrogens is 713 g/mol. The fraction of sp³-hybridized carbons (Fsp3) is 0.500. The lowest BCUT2D eigenvalue weighted by molar-refractivity contribution is -0.697. The summed E-state index contributed by atoms with van der Waals surface area (Å²) in [6.45, 7) is 6.23. The standard InChI is InChI=1S/C44H57N4O8/c1-4-5-6-7-8-9-10-11-12-13-14-15-16-17-28-46-29-18-19-37(30-46)42-40(43(49)55-31-35-20-24-38(25-21-35)47(51)52)33(2)45-34(3)41(42)44(50)56-32-36-22-26-39(27-23-36)48(53)54/h18-27,29-30,40,42H,4-17,28,31-32H2,1-3H3/q+1. The van der Waals surface area contributed by atoms with Gasteiger partial charge in [0.1, 0.15) is 25.7 Å². The number of nitro benzene ring substituents is 2. The molecule has 4 rings (SSSR count). The van der Waals surface area contributed by atoms with Crippen LogP contribution in [0.4, 0.5) is 11.4 Å². The number of carbonyl (C=O) groups excluding carboxylic acids is 2. The molecule has 12 heteroatoms. The van der Waals surface area contributed by atoms with E-state index in [0.29, 0.717) is 22.5 Å². The third-order valence-corrected chi connectivity index (χ3v) is 10.4. The first-order chi connectivity index (χ1) is 27.1. The summed E-state index contributed by atoms with van der Waals surface area (Å²) in [5, 5.41) is 22.2. The molecule has 2 unspecified atom stereocenters.